The molecule has 0 spiro atoms. The minimum absolute atomic E-state index is 0.0934. The zero-order valence-corrected chi connectivity index (χ0v) is 11.8. The summed E-state index contributed by atoms with van der Waals surface area (Å²) in [5.41, 5.74) is -0.204. The fourth-order valence-corrected chi connectivity index (χ4v) is 3.33. The van der Waals surface area contributed by atoms with Gasteiger partial charge in [0.25, 0.3) is 0 Å². The maximum atomic E-state index is 11.7. The highest BCUT2D eigenvalue weighted by Gasteiger charge is 2.44. The van der Waals surface area contributed by atoms with E-state index in [4.69, 9.17) is 0 Å². The number of carbonyl (C=O) groups is 2. The standard InChI is InChI=1S/C11H22O3Si/c1-8(9(12)10(13)14-5)15(6,7)11(2,3)4/h8H,1-7H3/t8-/m1/s1. The van der Waals surface area contributed by atoms with Gasteiger partial charge in [0, 0.05) is 5.54 Å². The van der Waals surface area contributed by atoms with Gasteiger partial charge in [-0.3, -0.25) is 4.79 Å². The lowest BCUT2D eigenvalue weighted by atomic mass is 10.2. The molecule has 1 atom stereocenters. The van der Waals surface area contributed by atoms with E-state index in [1.165, 1.54) is 7.11 Å². The van der Waals surface area contributed by atoms with Gasteiger partial charge in [0.1, 0.15) is 0 Å². The van der Waals surface area contributed by atoms with Gasteiger partial charge in [0.2, 0.25) is 5.78 Å². The van der Waals surface area contributed by atoms with Crippen molar-refractivity contribution >= 4 is 19.8 Å². The van der Waals surface area contributed by atoms with Crippen LogP contribution in [0, 0.1) is 0 Å². The van der Waals surface area contributed by atoms with Gasteiger partial charge in [-0.05, 0) is 5.04 Å². The van der Waals surface area contributed by atoms with Crippen molar-refractivity contribution in [1.29, 1.82) is 0 Å². The molecule has 88 valence electrons. The van der Waals surface area contributed by atoms with Crippen LogP contribution in [0.25, 0.3) is 0 Å². The number of carbonyl (C=O) groups excluding carboxylic acids is 2. The first-order valence-electron chi connectivity index (χ1n) is 5.18. The van der Waals surface area contributed by atoms with Crippen molar-refractivity contribution in [1.82, 2.24) is 0 Å². The number of ether oxygens (including phenoxy) is 1. The van der Waals surface area contributed by atoms with E-state index in [-0.39, 0.29) is 16.4 Å². The summed E-state index contributed by atoms with van der Waals surface area (Å²) in [4.78, 5) is 22.9. The number of rotatable bonds is 3. The summed E-state index contributed by atoms with van der Waals surface area (Å²) in [6, 6.07) is 0. The van der Waals surface area contributed by atoms with Crippen LogP contribution in [0.15, 0.2) is 0 Å². The number of Topliss-reactive ketones (excluding diaryl/α,β-unsaturated/α-hetero) is 1. The summed E-state index contributed by atoms with van der Waals surface area (Å²) < 4.78 is 4.47. The van der Waals surface area contributed by atoms with Crippen molar-refractivity contribution in [3.8, 4) is 0 Å². The molecule has 0 aromatic carbocycles. The highest BCUT2D eigenvalue weighted by Crippen LogP contribution is 2.43. The molecule has 0 amide bonds. The Morgan fingerprint density at radius 2 is 1.60 bits per heavy atom. The van der Waals surface area contributed by atoms with Crippen LogP contribution in [-0.4, -0.2) is 26.9 Å². The Hall–Kier alpha value is -0.643. The number of esters is 1. The minimum Gasteiger partial charge on any atom is -0.463 e. The second-order valence-corrected chi connectivity index (χ2v) is 11.4. The summed E-state index contributed by atoms with van der Waals surface area (Å²) in [6.45, 7) is 12.5. The fourth-order valence-electron chi connectivity index (χ4n) is 1.25. The quantitative estimate of drug-likeness (QED) is 0.425. The van der Waals surface area contributed by atoms with Crippen molar-refractivity contribution in [3.05, 3.63) is 0 Å². The number of methoxy groups -OCH3 is 1. The third-order valence-electron chi connectivity index (χ3n) is 3.80. The van der Waals surface area contributed by atoms with Crippen molar-refractivity contribution in [2.45, 2.75) is 51.4 Å². The summed E-state index contributed by atoms with van der Waals surface area (Å²) in [5, 5.41) is 0.0934. The van der Waals surface area contributed by atoms with Crippen LogP contribution in [0.5, 0.6) is 0 Å². The van der Waals surface area contributed by atoms with Crippen LogP contribution in [0.1, 0.15) is 27.7 Å². The molecule has 0 unspecified atom stereocenters. The Labute approximate surface area is 93.2 Å². The van der Waals surface area contributed by atoms with E-state index >= 15 is 0 Å². The van der Waals surface area contributed by atoms with Gasteiger partial charge in [0.05, 0.1) is 15.2 Å². The first-order chi connectivity index (χ1) is 6.55. The minimum atomic E-state index is -1.80. The van der Waals surface area contributed by atoms with Crippen LogP contribution in [-0.2, 0) is 14.3 Å². The second kappa shape index (κ2) is 4.47. The van der Waals surface area contributed by atoms with Crippen LogP contribution < -0.4 is 0 Å². The Morgan fingerprint density at radius 1 is 1.20 bits per heavy atom. The highest BCUT2D eigenvalue weighted by molar-refractivity contribution is 6.85. The predicted octanol–water partition coefficient (Wildman–Crippen LogP) is 2.63. The van der Waals surface area contributed by atoms with E-state index in [1.807, 2.05) is 6.92 Å². The molecule has 0 aliphatic rings. The summed E-state index contributed by atoms with van der Waals surface area (Å²) >= 11 is 0. The first-order valence-corrected chi connectivity index (χ1v) is 8.25. The molecule has 0 N–H and O–H groups in total. The molecule has 0 rings (SSSR count). The Bertz CT molecular complexity index is 263. The molecule has 0 heterocycles. The molecule has 15 heavy (non-hydrogen) atoms. The van der Waals surface area contributed by atoms with Gasteiger partial charge in [-0.1, -0.05) is 40.8 Å². The molecular formula is C11H22O3Si. The van der Waals surface area contributed by atoms with Crippen LogP contribution >= 0.6 is 0 Å². The van der Waals surface area contributed by atoms with Crippen LogP contribution in [0.2, 0.25) is 23.7 Å². The van der Waals surface area contributed by atoms with Gasteiger partial charge in [0.15, 0.2) is 0 Å². The maximum absolute atomic E-state index is 11.7. The van der Waals surface area contributed by atoms with Crippen molar-refractivity contribution in [2.24, 2.45) is 0 Å². The van der Waals surface area contributed by atoms with Gasteiger partial charge < -0.3 is 4.74 Å². The van der Waals surface area contributed by atoms with E-state index in [0.29, 0.717) is 0 Å². The zero-order valence-electron chi connectivity index (χ0n) is 10.8. The van der Waals surface area contributed by atoms with E-state index in [9.17, 15) is 9.59 Å². The molecule has 0 saturated carbocycles. The SMILES string of the molecule is COC(=O)C(=O)[C@@H](C)[Si](C)(C)C(C)(C)C. The number of hydrogen-bond donors (Lipinski definition) is 0. The Kier molecular flexibility index (Phi) is 4.28. The molecular weight excluding hydrogens is 208 g/mol. The van der Waals surface area contributed by atoms with Gasteiger partial charge in [-0.15, -0.1) is 0 Å². The topological polar surface area (TPSA) is 43.4 Å². The lowest BCUT2D eigenvalue weighted by Gasteiger charge is -2.40. The molecule has 0 fully saturated rings. The molecule has 0 saturated heterocycles. The van der Waals surface area contributed by atoms with Crippen molar-refractivity contribution in [3.63, 3.8) is 0 Å². The van der Waals surface area contributed by atoms with E-state index in [1.54, 1.807) is 0 Å². The van der Waals surface area contributed by atoms with Crippen LogP contribution in [0.4, 0.5) is 0 Å². The van der Waals surface area contributed by atoms with Gasteiger partial charge in [-0.25, -0.2) is 4.79 Å². The molecule has 0 aliphatic heterocycles. The molecule has 0 aromatic heterocycles. The fraction of sp³-hybridized carbons (Fsp3) is 0.818. The van der Waals surface area contributed by atoms with E-state index < -0.39 is 14.0 Å². The lowest BCUT2D eigenvalue weighted by Crippen LogP contribution is -2.45. The summed E-state index contributed by atoms with van der Waals surface area (Å²) in [7, 11) is -0.552. The average Bonchev–Trinajstić information content (AvgIpc) is 2.12. The third-order valence-corrected chi connectivity index (χ3v) is 10.1. The molecule has 0 aliphatic carbocycles. The van der Waals surface area contributed by atoms with Gasteiger partial charge >= 0.3 is 5.97 Å². The van der Waals surface area contributed by atoms with Crippen molar-refractivity contribution in [2.75, 3.05) is 7.11 Å². The summed E-state index contributed by atoms with van der Waals surface area (Å²) in [5.74, 6) is -1.10. The van der Waals surface area contributed by atoms with E-state index in [0.717, 1.165) is 0 Å². The molecule has 0 radical (unpaired) electrons. The Morgan fingerprint density at radius 3 is 1.87 bits per heavy atom. The molecule has 4 heteroatoms. The monoisotopic (exact) mass is 230 g/mol. The Balaban J connectivity index is 4.94. The normalized spacial score (nSPS) is 14.6. The predicted molar refractivity (Wildman–Crippen MR) is 63.6 cm³/mol. The molecule has 3 nitrogen and oxygen atoms in total. The average molecular weight is 230 g/mol. The zero-order chi connectivity index (χ0) is 12.4. The number of hydrogen-bond acceptors (Lipinski definition) is 3. The second-order valence-electron chi connectivity index (χ2n) is 5.55. The molecule has 0 bridgehead atoms. The number of ketones is 1. The highest BCUT2D eigenvalue weighted by atomic mass is 28.3. The first kappa shape index (κ1) is 14.4. The van der Waals surface area contributed by atoms with E-state index in [2.05, 4.69) is 38.6 Å². The largest absolute Gasteiger partial charge is 0.463 e. The molecule has 0 aromatic rings. The third kappa shape index (κ3) is 2.90. The summed E-state index contributed by atoms with van der Waals surface area (Å²) in [6.07, 6.45) is 0. The smallest absolute Gasteiger partial charge is 0.374 e. The maximum Gasteiger partial charge on any atom is 0.374 e. The van der Waals surface area contributed by atoms with Gasteiger partial charge in [-0.2, -0.15) is 0 Å². The lowest BCUT2D eigenvalue weighted by molar-refractivity contribution is -0.151. The van der Waals surface area contributed by atoms with Crippen molar-refractivity contribution < 1.29 is 14.3 Å². The van der Waals surface area contributed by atoms with Crippen LogP contribution in [0.3, 0.4) is 0 Å².